The molecule has 0 radical (unpaired) electrons. The largest absolute Gasteiger partial charge is 0.497 e. The summed E-state index contributed by atoms with van der Waals surface area (Å²) >= 11 is 0. The van der Waals surface area contributed by atoms with Crippen LogP contribution in [0.25, 0.3) is 0 Å². The van der Waals surface area contributed by atoms with E-state index < -0.39 is 27.0 Å². The summed E-state index contributed by atoms with van der Waals surface area (Å²) in [5.41, 5.74) is 1.28. The molecule has 0 aromatic heterocycles. The van der Waals surface area contributed by atoms with Crippen LogP contribution in [0.1, 0.15) is 110 Å². The van der Waals surface area contributed by atoms with E-state index in [9.17, 15) is 17.8 Å². The monoisotopic (exact) mass is 704 g/mol. The normalized spacial score (nSPS) is 14.8. The number of methoxy groups -OCH3 is 1. The van der Waals surface area contributed by atoms with Crippen LogP contribution in [0.2, 0.25) is 0 Å². The molecule has 11 heteroatoms. The number of carbonyl (C=O) groups excluding carboxylic acids is 1. The van der Waals surface area contributed by atoms with Crippen molar-refractivity contribution in [1.82, 2.24) is 0 Å². The predicted octanol–water partition coefficient (Wildman–Crippen LogP) is 10.9. The van der Waals surface area contributed by atoms with Crippen LogP contribution in [0.5, 0.6) is 17.2 Å². The quantitative estimate of drug-likeness (QED) is 0.0594. The number of nitrogens with zero attached hydrogens (tertiary/aromatic N) is 4. The van der Waals surface area contributed by atoms with Crippen LogP contribution in [0.15, 0.2) is 93.0 Å². The minimum absolute atomic E-state index is 0.0770. The Morgan fingerprint density at radius 2 is 1.34 bits per heavy atom. The van der Waals surface area contributed by atoms with Gasteiger partial charge in [-0.3, -0.25) is 9.35 Å². The second kappa shape index (κ2) is 20.6. The lowest BCUT2D eigenvalue weighted by Gasteiger charge is -2.15. The van der Waals surface area contributed by atoms with E-state index in [0.717, 1.165) is 24.3 Å². The number of ether oxygens (including phenoxy) is 2. The van der Waals surface area contributed by atoms with Gasteiger partial charge in [0.1, 0.15) is 22.1 Å². The molecular formula is C39H52N4O6S. The Bertz CT molecular complexity index is 1640. The molecule has 1 aliphatic rings. The van der Waals surface area contributed by atoms with E-state index in [2.05, 4.69) is 22.3 Å². The van der Waals surface area contributed by atoms with E-state index in [-0.39, 0.29) is 11.4 Å². The standard InChI is InChI=1S/C39H52N4O6S/c1-3-4-5-6-7-8-9-10-11-12-13-14-15-16-20-23-35-38(41-40-31-24-27-33(48-2)28-25-31)39(44)43(42-35)32-26-29-36(37(30-32)50(45,46)47)49-34-21-18-17-19-22-34/h17-19,21-22,24-30,38H,3-16,20,23H2,1-2H3,(H,45,46,47)/b41-40+. The SMILES string of the molecule is CCCCCCCCCCCCCCCCCC1=NN(c2ccc(Oc3ccccc3)c(S(=O)(=O)O)c2)C(=O)C1/N=N/c1ccc(OC)cc1. The van der Waals surface area contributed by atoms with Crippen LogP contribution in [-0.2, 0) is 14.9 Å². The van der Waals surface area contributed by atoms with E-state index in [4.69, 9.17) is 9.47 Å². The predicted molar refractivity (Wildman–Crippen MR) is 199 cm³/mol. The zero-order chi connectivity index (χ0) is 35.6. The lowest BCUT2D eigenvalue weighted by Crippen LogP contribution is -2.30. The molecule has 10 nitrogen and oxygen atoms in total. The highest BCUT2D eigenvalue weighted by molar-refractivity contribution is 7.86. The number of hydrogen-bond donors (Lipinski definition) is 1. The molecule has 1 heterocycles. The highest BCUT2D eigenvalue weighted by atomic mass is 32.2. The number of benzene rings is 3. The molecule has 50 heavy (non-hydrogen) atoms. The number of carbonyl (C=O) groups is 1. The van der Waals surface area contributed by atoms with Gasteiger partial charge in [0, 0.05) is 0 Å². The first-order chi connectivity index (χ1) is 24.3. The van der Waals surface area contributed by atoms with Crippen molar-refractivity contribution >= 4 is 33.1 Å². The van der Waals surface area contributed by atoms with Gasteiger partial charge in [0.15, 0.2) is 6.04 Å². The van der Waals surface area contributed by atoms with E-state index >= 15 is 0 Å². The third kappa shape index (κ3) is 12.4. The molecular weight excluding hydrogens is 653 g/mol. The number of hydrazone groups is 1. The Hall–Kier alpha value is -4.09. The van der Waals surface area contributed by atoms with Crippen molar-refractivity contribution in [3.63, 3.8) is 0 Å². The molecule has 3 aromatic rings. The fourth-order valence-corrected chi connectivity index (χ4v) is 6.59. The summed E-state index contributed by atoms with van der Waals surface area (Å²) in [6.45, 7) is 2.26. The maximum absolute atomic E-state index is 13.7. The van der Waals surface area contributed by atoms with Crippen molar-refractivity contribution in [3.8, 4) is 17.2 Å². The Labute approximate surface area is 297 Å². The smallest absolute Gasteiger partial charge is 0.298 e. The van der Waals surface area contributed by atoms with Gasteiger partial charge in [0.2, 0.25) is 0 Å². The summed E-state index contributed by atoms with van der Waals surface area (Å²) in [4.78, 5) is 13.3. The molecule has 0 saturated heterocycles. The van der Waals surface area contributed by atoms with Gasteiger partial charge in [0.25, 0.3) is 16.0 Å². The number of amides is 1. The fourth-order valence-electron chi connectivity index (χ4n) is 5.96. The molecule has 0 saturated carbocycles. The summed E-state index contributed by atoms with van der Waals surface area (Å²) in [6.07, 6.45) is 19.4. The summed E-state index contributed by atoms with van der Waals surface area (Å²) in [7, 11) is -3.12. The maximum atomic E-state index is 13.7. The van der Waals surface area contributed by atoms with E-state index in [1.54, 1.807) is 61.7 Å². The van der Waals surface area contributed by atoms with Gasteiger partial charge in [-0.25, -0.2) is 0 Å². The average molecular weight is 705 g/mol. The first-order valence-electron chi connectivity index (χ1n) is 18.1. The lowest BCUT2D eigenvalue weighted by molar-refractivity contribution is -0.117. The van der Waals surface area contributed by atoms with Crippen LogP contribution in [0.4, 0.5) is 11.4 Å². The second-order valence-electron chi connectivity index (χ2n) is 12.8. The van der Waals surface area contributed by atoms with Gasteiger partial charge < -0.3 is 9.47 Å². The third-order valence-electron chi connectivity index (χ3n) is 8.81. The van der Waals surface area contributed by atoms with E-state index in [1.165, 1.54) is 95.2 Å². The number of anilines is 1. The van der Waals surface area contributed by atoms with Crippen LogP contribution in [-0.4, -0.2) is 37.7 Å². The van der Waals surface area contributed by atoms with Crippen molar-refractivity contribution in [2.75, 3.05) is 12.1 Å². The van der Waals surface area contributed by atoms with Crippen LogP contribution in [0.3, 0.4) is 0 Å². The van der Waals surface area contributed by atoms with Gasteiger partial charge >= 0.3 is 0 Å². The molecule has 1 unspecified atom stereocenters. The van der Waals surface area contributed by atoms with Gasteiger partial charge in [-0.1, -0.05) is 115 Å². The minimum atomic E-state index is -4.70. The average Bonchev–Trinajstić information content (AvgIpc) is 3.43. The second-order valence-corrected chi connectivity index (χ2v) is 14.2. The molecule has 270 valence electrons. The summed E-state index contributed by atoms with van der Waals surface area (Å²) in [6, 6.07) is 18.8. The highest BCUT2D eigenvalue weighted by Gasteiger charge is 2.37. The Kier molecular flexibility index (Phi) is 15.9. The molecule has 0 spiro atoms. The van der Waals surface area contributed by atoms with Gasteiger partial charge in [-0.15, -0.1) is 0 Å². The molecule has 0 bridgehead atoms. The zero-order valence-corrected chi connectivity index (χ0v) is 30.3. The maximum Gasteiger partial charge on any atom is 0.298 e. The van der Waals surface area contributed by atoms with Crippen LogP contribution < -0.4 is 14.5 Å². The Morgan fingerprint density at radius 1 is 0.760 bits per heavy atom. The topological polar surface area (TPSA) is 130 Å². The molecule has 3 aromatic carbocycles. The van der Waals surface area contributed by atoms with Crippen molar-refractivity contribution in [2.24, 2.45) is 15.3 Å². The van der Waals surface area contributed by atoms with Crippen LogP contribution in [0, 0.1) is 0 Å². The van der Waals surface area contributed by atoms with Gasteiger partial charge in [0.05, 0.1) is 24.2 Å². The summed E-state index contributed by atoms with van der Waals surface area (Å²) in [5.74, 6) is 0.533. The van der Waals surface area contributed by atoms with Crippen molar-refractivity contribution in [1.29, 1.82) is 0 Å². The summed E-state index contributed by atoms with van der Waals surface area (Å²) in [5, 5.41) is 14.5. The minimum Gasteiger partial charge on any atom is -0.497 e. The molecule has 1 N–H and O–H groups in total. The first kappa shape index (κ1) is 38.7. The molecule has 1 amide bonds. The van der Waals surface area contributed by atoms with E-state index in [1.807, 2.05) is 0 Å². The van der Waals surface area contributed by atoms with Gasteiger partial charge in [-0.05, 0) is 67.4 Å². The Morgan fingerprint density at radius 3 is 1.90 bits per heavy atom. The highest BCUT2D eigenvalue weighted by Crippen LogP contribution is 2.34. The number of azo groups is 1. The molecule has 1 aliphatic heterocycles. The zero-order valence-electron chi connectivity index (χ0n) is 29.5. The lowest BCUT2D eigenvalue weighted by atomic mass is 10.0. The van der Waals surface area contributed by atoms with E-state index in [0.29, 0.717) is 29.3 Å². The molecule has 0 aliphatic carbocycles. The summed E-state index contributed by atoms with van der Waals surface area (Å²) < 4.78 is 45.8. The number of para-hydroxylation sites is 1. The van der Waals surface area contributed by atoms with Crippen molar-refractivity contribution < 1.29 is 27.2 Å². The fraction of sp³-hybridized carbons (Fsp3) is 0.487. The molecule has 0 fully saturated rings. The first-order valence-corrected chi connectivity index (χ1v) is 19.5. The van der Waals surface area contributed by atoms with Crippen LogP contribution >= 0.6 is 0 Å². The van der Waals surface area contributed by atoms with Gasteiger partial charge in [-0.2, -0.15) is 28.8 Å². The van der Waals surface area contributed by atoms with Crippen molar-refractivity contribution in [2.45, 2.75) is 121 Å². The number of rotatable bonds is 23. The number of unbranched alkanes of at least 4 members (excludes halogenated alkanes) is 14. The molecule has 4 rings (SSSR count). The Balaban J connectivity index is 1.36. The van der Waals surface area contributed by atoms with Crippen molar-refractivity contribution in [3.05, 3.63) is 72.8 Å². The number of hydrogen-bond acceptors (Lipinski definition) is 8. The molecule has 1 atom stereocenters. The third-order valence-corrected chi connectivity index (χ3v) is 9.68.